The van der Waals surface area contributed by atoms with Crippen molar-refractivity contribution in [1.29, 1.82) is 0 Å². The number of aryl methyl sites for hydroxylation is 1. The van der Waals surface area contributed by atoms with Gasteiger partial charge in [0.2, 0.25) is 5.76 Å². The Morgan fingerprint density at radius 3 is 2.52 bits per heavy atom. The highest BCUT2D eigenvalue weighted by atomic mass is 16.3. The molecule has 1 aromatic heterocycles. The first kappa shape index (κ1) is 13.8. The molecule has 1 atom stereocenters. The molecular weight excluding hydrogens is 290 g/mol. The van der Waals surface area contributed by atoms with Gasteiger partial charge in [-0.15, -0.1) is 0 Å². The number of hydrogen-bond acceptors (Lipinski definition) is 3. The molecule has 0 aliphatic carbocycles. The maximum Gasteiger partial charge on any atom is 0.288 e. The number of hydrogen-bond donors (Lipinski definition) is 1. The molecule has 23 heavy (non-hydrogen) atoms. The topological polar surface area (TPSA) is 59.3 Å². The van der Waals surface area contributed by atoms with Gasteiger partial charge >= 0.3 is 0 Å². The summed E-state index contributed by atoms with van der Waals surface area (Å²) >= 11 is 0. The van der Waals surface area contributed by atoms with Gasteiger partial charge in [0.1, 0.15) is 5.58 Å². The van der Waals surface area contributed by atoms with E-state index in [9.17, 15) is 9.59 Å². The zero-order valence-electron chi connectivity index (χ0n) is 12.6. The number of amides is 1. The SMILES string of the molecule is CCc1ccc(C2NC(=O)c3oc4ccccc4c(=O)c32)cc1. The van der Waals surface area contributed by atoms with Gasteiger partial charge in [0, 0.05) is 0 Å². The number of carbonyl (C=O) groups excluding carboxylic acids is 1. The number of rotatable bonds is 2. The third-order valence-corrected chi connectivity index (χ3v) is 4.32. The smallest absolute Gasteiger partial charge is 0.288 e. The number of carbonyl (C=O) groups is 1. The van der Waals surface area contributed by atoms with Crippen LogP contribution in [0.25, 0.3) is 11.0 Å². The molecule has 0 spiro atoms. The van der Waals surface area contributed by atoms with Crippen molar-refractivity contribution in [2.45, 2.75) is 19.4 Å². The maximum absolute atomic E-state index is 12.8. The summed E-state index contributed by atoms with van der Waals surface area (Å²) in [5.74, 6) is -0.217. The van der Waals surface area contributed by atoms with Crippen molar-refractivity contribution in [2.75, 3.05) is 0 Å². The van der Waals surface area contributed by atoms with Crippen LogP contribution in [0.2, 0.25) is 0 Å². The Labute approximate surface area is 132 Å². The summed E-state index contributed by atoms with van der Waals surface area (Å²) in [5, 5.41) is 3.35. The Bertz CT molecular complexity index is 970. The molecule has 0 radical (unpaired) electrons. The van der Waals surface area contributed by atoms with Crippen molar-refractivity contribution in [3.63, 3.8) is 0 Å². The van der Waals surface area contributed by atoms with E-state index in [0.717, 1.165) is 12.0 Å². The number of fused-ring (bicyclic) bond motifs is 2. The van der Waals surface area contributed by atoms with E-state index < -0.39 is 6.04 Å². The third-order valence-electron chi connectivity index (χ3n) is 4.32. The van der Waals surface area contributed by atoms with Crippen molar-refractivity contribution < 1.29 is 9.21 Å². The van der Waals surface area contributed by atoms with Crippen LogP contribution < -0.4 is 10.7 Å². The second-order valence-corrected chi connectivity index (χ2v) is 5.67. The summed E-state index contributed by atoms with van der Waals surface area (Å²) in [5.41, 5.74) is 2.79. The maximum atomic E-state index is 12.8. The molecule has 0 saturated heterocycles. The molecule has 4 heteroatoms. The molecule has 0 saturated carbocycles. The largest absolute Gasteiger partial charge is 0.450 e. The molecule has 3 aromatic rings. The molecular formula is C19H15NO3. The Balaban J connectivity index is 1.93. The highest BCUT2D eigenvalue weighted by molar-refractivity contribution is 5.98. The zero-order chi connectivity index (χ0) is 16.0. The van der Waals surface area contributed by atoms with Crippen LogP contribution >= 0.6 is 0 Å². The highest BCUT2D eigenvalue weighted by Crippen LogP contribution is 2.30. The molecule has 1 aliphatic heterocycles. The summed E-state index contributed by atoms with van der Waals surface area (Å²) in [6.45, 7) is 2.09. The Hall–Kier alpha value is -2.88. The lowest BCUT2D eigenvalue weighted by molar-refractivity contribution is 0.0938. The molecule has 2 aromatic carbocycles. The molecule has 1 aliphatic rings. The van der Waals surface area contributed by atoms with Crippen LogP contribution in [0.3, 0.4) is 0 Å². The lowest BCUT2D eigenvalue weighted by Crippen LogP contribution is -2.21. The average Bonchev–Trinajstić information content (AvgIpc) is 2.92. The lowest BCUT2D eigenvalue weighted by Gasteiger charge is -2.12. The van der Waals surface area contributed by atoms with Crippen LogP contribution in [0.5, 0.6) is 0 Å². The molecule has 1 N–H and O–H groups in total. The first-order chi connectivity index (χ1) is 11.2. The minimum Gasteiger partial charge on any atom is -0.450 e. The molecule has 0 bridgehead atoms. The van der Waals surface area contributed by atoms with Crippen molar-refractivity contribution in [3.8, 4) is 0 Å². The first-order valence-corrected chi connectivity index (χ1v) is 7.64. The summed E-state index contributed by atoms with van der Waals surface area (Å²) < 4.78 is 5.68. The van der Waals surface area contributed by atoms with Gasteiger partial charge in [0.05, 0.1) is 17.0 Å². The Morgan fingerprint density at radius 2 is 1.78 bits per heavy atom. The van der Waals surface area contributed by atoms with Crippen LogP contribution in [-0.4, -0.2) is 5.91 Å². The quantitative estimate of drug-likeness (QED) is 0.791. The third kappa shape index (κ3) is 2.06. The van der Waals surface area contributed by atoms with Gasteiger partial charge in [-0.3, -0.25) is 9.59 Å². The van der Waals surface area contributed by atoms with Gasteiger partial charge in [0.15, 0.2) is 5.43 Å². The molecule has 1 amide bonds. The van der Waals surface area contributed by atoms with Crippen molar-refractivity contribution in [1.82, 2.24) is 5.32 Å². The van der Waals surface area contributed by atoms with Gasteiger partial charge in [-0.25, -0.2) is 0 Å². The van der Waals surface area contributed by atoms with E-state index in [0.29, 0.717) is 16.5 Å². The predicted molar refractivity (Wildman–Crippen MR) is 87.6 cm³/mol. The van der Waals surface area contributed by atoms with E-state index in [1.807, 2.05) is 24.3 Å². The van der Waals surface area contributed by atoms with E-state index in [1.165, 1.54) is 5.56 Å². The van der Waals surface area contributed by atoms with Crippen molar-refractivity contribution >= 4 is 16.9 Å². The second-order valence-electron chi connectivity index (χ2n) is 5.67. The lowest BCUT2D eigenvalue weighted by atomic mass is 9.98. The van der Waals surface area contributed by atoms with Gasteiger partial charge in [0.25, 0.3) is 5.91 Å². The van der Waals surface area contributed by atoms with Crippen LogP contribution in [0.15, 0.2) is 57.7 Å². The predicted octanol–water partition coefficient (Wildman–Crippen LogP) is 3.19. The molecule has 1 unspecified atom stereocenters. The fourth-order valence-electron chi connectivity index (χ4n) is 3.05. The van der Waals surface area contributed by atoms with E-state index >= 15 is 0 Å². The molecule has 4 rings (SSSR count). The molecule has 0 fully saturated rings. The van der Waals surface area contributed by atoms with Crippen LogP contribution in [0.1, 0.15) is 40.2 Å². The van der Waals surface area contributed by atoms with E-state index in [1.54, 1.807) is 24.3 Å². The van der Waals surface area contributed by atoms with Crippen molar-refractivity contribution in [2.24, 2.45) is 0 Å². The fourth-order valence-corrected chi connectivity index (χ4v) is 3.05. The number of benzene rings is 2. The van der Waals surface area contributed by atoms with Crippen LogP contribution in [0.4, 0.5) is 0 Å². The van der Waals surface area contributed by atoms with Crippen LogP contribution in [-0.2, 0) is 6.42 Å². The average molecular weight is 305 g/mol. The summed E-state index contributed by atoms with van der Waals surface area (Å²) in [6, 6.07) is 14.5. The second kappa shape index (κ2) is 5.09. The minimum absolute atomic E-state index is 0.123. The summed E-state index contributed by atoms with van der Waals surface area (Å²) in [7, 11) is 0. The Morgan fingerprint density at radius 1 is 1.04 bits per heavy atom. The summed E-state index contributed by atoms with van der Waals surface area (Å²) in [4.78, 5) is 25.0. The van der Waals surface area contributed by atoms with Gasteiger partial charge < -0.3 is 9.73 Å². The van der Waals surface area contributed by atoms with Gasteiger partial charge in [-0.1, -0.05) is 43.3 Å². The molecule has 4 nitrogen and oxygen atoms in total. The van der Waals surface area contributed by atoms with Gasteiger partial charge in [-0.05, 0) is 29.7 Å². The normalized spacial score (nSPS) is 16.4. The molecule has 114 valence electrons. The monoisotopic (exact) mass is 305 g/mol. The van der Waals surface area contributed by atoms with Gasteiger partial charge in [-0.2, -0.15) is 0 Å². The zero-order valence-corrected chi connectivity index (χ0v) is 12.6. The van der Waals surface area contributed by atoms with Crippen molar-refractivity contribution in [3.05, 3.63) is 81.2 Å². The summed E-state index contributed by atoms with van der Waals surface area (Å²) in [6.07, 6.45) is 0.945. The minimum atomic E-state index is -0.454. The van der Waals surface area contributed by atoms with E-state index in [4.69, 9.17) is 4.42 Å². The fraction of sp³-hybridized carbons (Fsp3) is 0.158. The van der Waals surface area contributed by atoms with E-state index in [-0.39, 0.29) is 17.1 Å². The standard InChI is InChI=1S/C19H15NO3/c1-2-11-7-9-12(10-8-11)16-15-17(21)13-5-3-4-6-14(13)23-18(15)19(22)20-16/h3-10,16H,2H2,1H3,(H,20,22). The van der Waals surface area contributed by atoms with Crippen LogP contribution in [0, 0.1) is 0 Å². The highest BCUT2D eigenvalue weighted by Gasteiger charge is 2.35. The number of para-hydroxylation sites is 1. The van der Waals surface area contributed by atoms with E-state index in [2.05, 4.69) is 12.2 Å². The first-order valence-electron chi connectivity index (χ1n) is 7.64. The number of nitrogens with one attached hydrogen (secondary N) is 1. The Kier molecular flexibility index (Phi) is 3.05. The molecule has 2 heterocycles.